The van der Waals surface area contributed by atoms with Gasteiger partial charge in [-0.25, -0.2) is 4.39 Å². The lowest BCUT2D eigenvalue weighted by atomic mass is 9.63. The third-order valence-corrected chi connectivity index (χ3v) is 5.57. The van der Waals surface area contributed by atoms with Gasteiger partial charge in [0.25, 0.3) is 0 Å². The van der Waals surface area contributed by atoms with E-state index in [-0.39, 0.29) is 11.2 Å². The fourth-order valence-electron chi connectivity index (χ4n) is 3.65. The largest absolute Gasteiger partial charge is 0.207 e. The second-order valence-electron chi connectivity index (χ2n) is 6.31. The van der Waals surface area contributed by atoms with Gasteiger partial charge in [0.1, 0.15) is 5.82 Å². The minimum absolute atomic E-state index is 0.148. The highest BCUT2D eigenvalue weighted by Gasteiger charge is 2.39. The van der Waals surface area contributed by atoms with Crippen molar-refractivity contribution in [1.82, 2.24) is 0 Å². The second kappa shape index (κ2) is 5.83. The van der Waals surface area contributed by atoms with E-state index in [0.29, 0.717) is 5.92 Å². The van der Waals surface area contributed by atoms with Crippen LogP contribution in [0.2, 0.25) is 0 Å². The van der Waals surface area contributed by atoms with Crippen LogP contribution >= 0.6 is 11.6 Å². The Bertz CT molecular complexity index is 409. The average molecular weight is 281 g/mol. The number of benzene rings is 1. The number of rotatable bonds is 5. The Hall–Kier alpha value is -0.560. The molecule has 2 fully saturated rings. The van der Waals surface area contributed by atoms with Crippen LogP contribution in [0.25, 0.3) is 0 Å². The van der Waals surface area contributed by atoms with Gasteiger partial charge in [-0.15, -0.1) is 11.6 Å². The van der Waals surface area contributed by atoms with Gasteiger partial charge in [-0.05, 0) is 41.9 Å². The van der Waals surface area contributed by atoms with Gasteiger partial charge in [-0.1, -0.05) is 50.7 Å². The molecule has 0 aromatic heterocycles. The van der Waals surface area contributed by atoms with E-state index in [2.05, 4.69) is 0 Å². The summed E-state index contributed by atoms with van der Waals surface area (Å²) in [6, 6.07) is 6.92. The molecule has 0 spiro atoms. The molecule has 2 aliphatic carbocycles. The van der Waals surface area contributed by atoms with E-state index >= 15 is 0 Å². The zero-order valence-corrected chi connectivity index (χ0v) is 12.1. The van der Waals surface area contributed by atoms with Crippen LogP contribution in [0.3, 0.4) is 0 Å². The zero-order chi connectivity index (χ0) is 13.2. The van der Waals surface area contributed by atoms with E-state index in [4.69, 9.17) is 11.6 Å². The van der Waals surface area contributed by atoms with E-state index < -0.39 is 0 Å². The van der Waals surface area contributed by atoms with Crippen molar-refractivity contribution >= 4 is 11.6 Å². The van der Waals surface area contributed by atoms with Gasteiger partial charge >= 0.3 is 0 Å². The molecule has 1 atom stereocenters. The molecule has 0 amide bonds. The zero-order valence-electron chi connectivity index (χ0n) is 11.3. The van der Waals surface area contributed by atoms with Crippen LogP contribution in [0.15, 0.2) is 24.3 Å². The quantitative estimate of drug-likeness (QED) is 0.651. The van der Waals surface area contributed by atoms with Crippen LogP contribution in [0.1, 0.15) is 44.1 Å². The third kappa shape index (κ3) is 2.97. The maximum absolute atomic E-state index is 13.2. The van der Waals surface area contributed by atoms with Crippen molar-refractivity contribution < 1.29 is 4.39 Å². The summed E-state index contributed by atoms with van der Waals surface area (Å²) in [7, 11) is 0. The fraction of sp³-hybridized carbons (Fsp3) is 0.647. The van der Waals surface area contributed by atoms with Gasteiger partial charge in [-0.2, -0.15) is 0 Å². The molecule has 19 heavy (non-hydrogen) atoms. The fourth-order valence-corrected chi connectivity index (χ4v) is 4.24. The van der Waals surface area contributed by atoms with Crippen molar-refractivity contribution in [3.63, 3.8) is 0 Å². The number of halogens is 2. The van der Waals surface area contributed by atoms with Crippen LogP contribution in [-0.4, -0.2) is 5.38 Å². The molecule has 0 heterocycles. The molecule has 2 heteroatoms. The summed E-state index contributed by atoms with van der Waals surface area (Å²) in [6.07, 6.45) is 8.98. The molecule has 2 saturated carbocycles. The van der Waals surface area contributed by atoms with Gasteiger partial charge in [0.2, 0.25) is 0 Å². The van der Waals surface area contributed by atoms with Crippen molar-refractivity contribution in [1.29, 1.82) is 0 Å². The lowest BCUT2D eigenvalue weighted by Gasteiger charge is -2.45. The Kier molecular flexibility index (Phi) is 4.12. The molecule has 0 nitrogen and oxygen atoms in total. The Labute approximate surface area is 120 Å². The van der Waals surface area contributed by atoms with Crippen LogP contribution in [0.5, 0.6) is 0 Å². The van der Waals surface area contributed by atoms with Gasteiger partial charge in [0, 0.05) is 5.38 Å². The minimum atomic E-state index is -0.148. The molecule has 3 rings (SSSR count). The van der Waals surface area contributed by atoms with Crippen molar-refractivity contribution in [2.24, 2.45) is 17.8 Å². The third-order valence-electron chi connectivity index (χ3n) is 5.13. The van der Waals surface area contributed by atoms with Crippen molar-refractivity contribution in [3.05, 3.63) is 35.6 Å². The Balaban J connectivity index is 1.67. The Morgan fingerprint density at radius 2 is 1.74 bits per heavy atom. The molecular weight excluding hydrogens is 259 g/mol. The first-order valence-electron chi connectivity index (χ1n) is 7.62. The normalized spacial score (nSPS) is 22.1. The molecule has 0 aliphatic heterocycles. The Morgan fingerprint density at radius 1 is 1.11 bits per heavy atom. The van der Waals surface area contributed by atoms with E-state index in [1.54, 1.807) is 12.1 Å². The number of hydrogen-bond acceptors (Lipinski definition) is 0. The second-order valence-corrected chi connectivity index (χ2v) is 6.87. The summed E-state index contributed by atoms with van der Waals surface area (Å²) in [5.74, 6) is 2.18. The van der Waals surface area contributed by atoms with E-state index in [9.17, 15) is 4.39 Å². The van der Waals surface area contributed by atoms with Gasteiger partial charge < -0.3 is 0 Å². The average Bonchev–Trinajstić information content (AvgIpc) is 2.23. The first-order chi connectivity index (χ1) is 9.24. The molecule has 0 radical (unpaired) electrons. The van der Waals surface area contributed by atoms with Crippen LogP contribution < -0.4 is 0 Å². The first kappa shape index (κ1) is 13.4. The van der Waals surface area contributed by atoms with Crippen molar-refractivity contribution in [2.75, 3.05) is 0 Å². The van der Waals surface area contributed by atoms with Crippen molar-refractivity contribution in [3.8, 4) is 0 Å². The SMILES string of the molecule is Fc1cccc(CC(Cl)C(C2CCC2)C2CCC2)c1. The maximum Gasteiger partial charge on any atom is 0.123 e. The molecular formula is C17H22ClF. The lowest BCUT2D eigenvalue weighted by Crippen LogP contribution is -2.38. The van der Waals surface area contributed by atoms with Crippen molar-refractivity contribution in [2.45, 2.75) is 50.3 Å². The highest BCUT2D eigenvalue weighted by molar-refractivity contribution is 6.21. The smallest absolute Gasteiger partial charge is 0.123 e. The molecule has 0 N–H and O–H groups in total. The lowest BCUT2D eigenvalue weighted by molar-refractivity contribution is 0.0888. The summed E-state index contributed by atoms with van der Waals surface area (Å²) < 4.78 is 13.2. The molecule has 0 saturated heterocycles. The number of hydrogen-bond donors (Lipinski definition) is 0. The predicted molar refractivity (Wildman–Crippen MR) is 77.9 cm³/mol. The van der Waals surface area contributed by atoms with Gasteiger partial charge in [0.05, 0.1) is 0 Å². The van der Waals surface area contributed by atoms with Crippen LogP contribution in [0, 0.1) is 23.6 Å². The topological polar surface area (TPSA) is 0 Å². The molecule has 0 bridgehead atoms. The summed E-state index contributed by atoms with van der Waals surface area (Å²) in [4.78, 5) is 0. The molecule has 1 aromatic rings. The van der Waals surface area contributed by atoms with Gasteiger partial charge in [0.15, 0.2) is 0 Å². The van der Waals surface area contributed by atoms with E-state index in [1.165, 1.54) is 44.6 Å². The highest BCUT2D eigenvalue weighted by atomic mass is 35.5. The molecule has 2 aliphatic rings. The monoisotopic (exact) mass is 280 g/mol. The standard InChI is InChI=1S/C17H22ClF/c18-16(11-12-4-1-9-15(19)10-12)17(13-5-2-6-13)14-7-3-8-14/h1,4,9-10,13-14,16-17H,2-3,5-8,11H2. The highest BCUT2D eigenvalue weighted by Crippen LogP contribution is 2.47. The van der Waals surface area contributed by atoms with E-state index in [0.717, 1.165) is 23.8 Å². The Morgan fingerprint density at radius 3 is 2.21 bits per heavy atom. The van der Waals surface area contributed by atoms with Crippen LogP contribution in [-0.2, 0) is 6.42 Å². The molecule has 104 valence electrons. The summed E-state index contributed by atoms with van der Waals surface area (Å²) >= 11 is 6.73. The molecule has 1 aromatic carbocycles. The van der Waals surface area contributed by atoms with Crippen LogP contribution in [0.4, 0.5) is 4.39 Å². The van der Waals surface area contributed by atoms with Gasteiger partial charge in [-0.3, -0.25) is 0 Å². The number of alkyl halides is 1. The summed E-state index contributed by atoms with van der Waals surface area (Å²) in [5.41, 5.74) is 1.05. The minimum Gasteiger partial charge on any atom is -0.207 e. The summed E-state index contributed by atoms with van der Waals surface area (Å²) in [5, 5.41) is 0.178. The first-order valence-corrected chi connectivity index (χ1v) is 8.06. The summed E-state index contributed by atoms with van der Waals surface area (Å²) in [6.45, 7) is 0. The maximum atomic E-state index is 13.2. The predicted octanol–water partition coefficient (Wildman–Crippen LogP) is 5.19. The van der Waals surface area contributed by atoms with E-state index in [1.807, 2.05) is 6.07 Å². The molecule has 1 unspecified atom stereocenters.